The molecule has 2 aromatic carbocycles. The van der Waals surface area contributed by atoms with Gasteiger partial charge in [-0.2, -0.15) is 0 Å². The van der Waals surface area contributed by atoms with E-state index in [4.69, 9.17) is 11.6 Å². The molecule has 0 saturated carbocycles. The van der Waals surface area contributed by atoms with Crippen LogP contribution in [0.5, 0.6) is 0 Å². The highest BCUT2D eigenvalue weighted by Crippen LogP contribution is 2.15. The smallest absolute Gasteiger partial charge is 0.271 e. The number of aryl methyl sites for hydroxylation is 1. The summed E-state index contributed by atoms with van der Waals surface area (Å²) in [6.07, 6.45) is 0.652. The molecule has 2 N–H and O–H groups in total. The Kier molecular flexibility index (Phi) is 5.84. The highest BCUT2D eigenvalue weighted by Gasteiger charge is 2.23. The average Bonchev–Trinajstić information content (AvgIpc) is 2.69. The van der Waals surface area contributed by atoms with Crippen molar-refractivity contribution in [2.45, 2.75) is 13.1 Å². The first-order valence-electron chi connectivity index (χ1n) is 8.38. The van der Waals surface area contributed by atoms with Crippen molar-refractivity contribution in [2.75, 3.05) is 5.32 Å². The van der Waals surface area contributed by atoms with E-state index in [-0.39, 0.29) is 11.5 Å². The Labute approximate surface area is 162 Å². The minimum Gasteiger partial charge on any atom is -0.359 e. The molecule has 0 bridgehead atoms. The second kappa shape index (κ2) is 8.47. The standard InChI is InChI=1S/C21H18ClN3O2/c1-14-7-12-18(23-13-14)21(27)25-20(19(26)15-5-3-2-4-6-15)24-17-10-8-16(22)9-11-17/h2-13,20,24H,1H3,(H,25,27). The summed E-state index contributed by atoms with van der Waals surface area (Å²) in [7, 11) is 0. The van der Waals surface area contributed by atoms with Gasteiger partial charge in [-0.15, -0.1) is 0 Å². The fourth-order valence-electron chi connectivity index (χ4n) is 2.46. The third kappa shape index (κ3) is 4.92. The Morgan fingerprint density at radius 3 is 2.30 bits per heavy atom. The number of amides is 1. The largest absolute Gasteiger partial charge is 0.359 e. The Bertz CT molecular complexity index is 926. The molecule has 6 heteroatoms. The van der Waals surface area contributed by atoms with Crippen molar-refractivity contribution in [3.63, 3.8) is 0 Å². The van der Waals surface area contributed by atoms with Crippen LogP contribution in [0.15, 0.2) is 72.9 Å². The number of carbonyl (C=O) groups is 2. The SMILES string of the molecule is Cc1ccc(C(=O)NC(Nc2ccc(Cl)cc2)C(=O)c2ccccc2)nc1. The van der Waals surface area contributed by atoms with Gasteiger partial charge in [0.1, 0.15) is 5.69 Å². The van der Waals surface area contributed by atoms with Crippen molar-refractivity contribution in [2.24, 2.45) is 0 Å². The summed E-state index contributed by atoms with van der Waals surface area (Å²) >= 11 is 5.91. The van der Waals surface area contributed by atoms with Gasteiger partial charge in [0.25, 0.3) is 5.91 Å². The van der Waals surface area contributed by atoms with Gasteiger partial charge in [0.15, 0.2) is 6.17 Å². The van der Waals surface area contributed by atoms with E-state index in [9.17, 15) is 9.59 Å². The van der Waals surface area contributed by atoms with E-state index in [2.05, 4.69) is 15.6 Å². The van der Waals surface area contributed by atoms with Gasteiger partial charge in [0.05, 0.1) is 0 Å². The first-order valence-corrected chi connectivity index (χ1v) is 8.75. The summed E-state index contributed by atoms with van der Waals surface area (Å²) in [6.45, 7) is 1.89. The third-order valence-electron chi connectivity index (χ3n) is 3.90. The van der Waals surface area contributed by atoms with E-state index in [0.717, 1.165) is 5.56 Å². The molecule has 0 fully saturated rings. The molecule has 0 aliphatic heterocycles. The van der Waals surface area contributed by atoms with Gasteiger partial charge >= 0.3 is 0 Å². The number of hydrogen-bond donors (Lipinski definition) is 2. The van der Waals surface area contributed by atoms with Gasteiger partial charge in [0.2, 0.25) is 5.78 Å². The summed E-state index contributed by atoms with van der Waals surface area (Å²) in [6, 6.07) is 19.1. The van der Waals surface area contributed by atoms with E-state index < -0.39 is 12.1 Å². The maximum Gasteiger partial charge on any atom is 0.271 e. The lowest BCUT2D eigenvalue weighted by Crippen LogP contribution is -2.46. The zero-order chi connectivity index (χ0) is 19.2. The van der Waals surface area contributed by atoms with Crippen molar-refractivity contribution in [1.82, 2.24) is 10.3 Å². The van der Waals surface area contributed by atoms with Crippen molar-refractivity contribution in [1.29, 1.82) is 0 Å². The topological polar surface area (TPSA) is 71.1 Å². The van der Waals surface area contributed by atoms with E-state index in [0.29, 0.717) is 16.3 Å². The van der Waals surface area contributed by atoms with Crippen LogP contribution in [0, 0.1) is 6.92 Å². The molecule has 0 radical (unpaired) electrons. The number of pyridine rings is 1. The highest BCUT2D eigenvalue weighted by molar-refractivity contribution is 6.30. The number of aromatic nitrogens is 1. The zero-order valence-corrected chi connectivity index (χ0v) is 15.4. The second-order valence-corrected chi connectivity index (χ2v) is 6.45. The molecule has 0 aliphatic carbocycles. The number of anilines is 1. The average molecular weight is 380 g/mol. The quantitative estimate of drug-likeness (QED) is 0.499. The van der Waals surface area contributed by atoms with Crippen LogP contribution in [0.1, 0.15) is 26.4 Å². The molecule has 0 saturated heterocycles. The summed E-state index contributed by atoms with van der Waals surface area (Å²) in [4.78, 5) is 29.6. The molecule has 3 aromatic rings. The lowest BCUT2D eigenvalue weighted by molar-refractivity contribution is 0.0866. The monoisotopic (exact) mass is 379 g/mol. The predicted octanol–water partition coefficient (Wildman–Crippen LogP) is 4.09. The van der Waals surface area contributed by atoms with Gasteiger partial charge in [0, 0.05) is 22.5 Å². The van der Waals surface area contributed by atoms with Crippen LogP contribution < -0.4 is 10.6 Å². The van der Waals surface area contributed by atoms with Crippen molar-refractivity contribution < 1.29 is 9.59 Å². The summed E-state index contributed by atoms with van der Waals surface area (Å²) in [5.41, 5.74) is 2.33. The Morgan fingerprint density at radius 2 is 1.67 bits per heavy atom. The molecule has 27 heavy (non-hydrogen) atoms. The van der Waals surface area contributed by atoms with E-state index in [1.165, 1.54) is 0 Å². The number of ketones is 1. The van der Waals surface area contributed by atoms with Crippen molar-refractivity contribution >= 4 is 29.0 Å². The number of Topliss-reactive ketones (excluding diaryl/α,β-unsaturated/α-hetero) is 1. The molecule has 1 atom stereocenters. The van der Waals surface area contributed by atoms with E-state index in [1.807, 2.05) is 13.0 Å². The van der Waals surface area contributed by atoms with Crippen LogP contribution in [0.3, 0.4) is 0 Å². The number of nitrogens with zero attached hydrogens (tertiary/aromatic N) is 1. The number of rotatable bonds is 6. The fraction of sp³-hybridized carbons (Fsp3) is 0.0952. The number of benzene rings is 2. The molecule has 0 spiro atoms. The summed E-state index contributed by atoms with van der Waals surface area (Å²) < 4.78 is 0. The third-order valence-corrected chi connectivity index (χ3v) is 4.15. The Balaban J connectivity index is 1.84. The second-order valence-electron chi connectivity index (χ2n) is 6.01. The molecule has 1 heterocycles. The normalized spacial score (nSPS) is 11.5. The number of carbonyl (C=O) groups excluding carboxylic acids is 2. The molecule has 1 amide bonds. The lowest BCUT2D eigenvalue weighted by Gasteiger charge is -2.20. The van der Waals surface area contributed by atoms with Crippen LogP contribution in [-0.4, -0.2) is 22.8 Å². The van der Waals surface area contributed by atoms with Crippen molar-refractivity contribution in [3.05, 3.63) is 94.8 Å². The van der Waals surface area contributed by atoms with E-state index >= 15 is 0 Å². The van der Waals surface area contributed by atoms with Gasteiger partial charge < -0.3 is 10.6 Å². The lowest BCUT2D eigenvalue weighted by atomic mass is 10.1. The number of nitrogens with one attached hydrogen (secondary N) is 2. The highest BCUT2D eigenvalue weighted by atomic mass is 35.5. The molecule has 3 rings (SSSR count). The van der Waals surface area contributed by atoms with Crippen LogP contribution in [0.4, 0.5) is 5.69 Å². The fourth-order valence-corrected chi connectivity index (χ4v) is 2.58. The molecule has 1 unspecified atom stereocenters. The van der Waals surface area contributed by atoms with Crippen LogP contribution in [0.25, 0.3) is 0 Å². The Hall–Kier alpha value is -3.18. The minimum atomic E-state index is -0.954. The molecule has 136 valence electrons. The van der Waals surface area contributed by atoms with Gasteiger partial charge in [-0.3, -0.25) is 14.6 Å². The van der Waals surface area contributed by atoms with Gasteiger partial charge in [-0.25, -0.2) is 0 Å². The maximum atomic E-state index is 12.9. The Morgan fingerprint density at radius 1 is 0.963 bits per heavy atom. The zero-order valence-electron chi connectivity index (χ0n) is 14.6. The number of hydrogen-bond acceptors (Lipinski definition) is 4. The minimum absolute atomic E-state index is 0.240. The van der Waals surface area contributed by atoms with Gasteiger partial charge in [-0.05, 0) is 42.8 Å². The maximum absolute atomic E-state index is 12.9. The first-order chi connectivity index (χ1) is 13.0. The summed E-state index contributed by atoms with van der Waals surface area (Å²) in [5.74, 6) is -0.697. The van der Waals surface area contributed by atoms with Crippen molar-refractivity contribution in [3.8, 4) is 0 Å². The van der Waals surface area contributed by atoms with Crippen LogP contribution in [-0.2, 0) is 0 Å². The molecule has 5 nitrogen and oxygen atoms in total. The number of halogens is 1. The molecule has 1 aromatic heterocycles. The predicted molar refractivity (Wildman–Crippen MR) is 106 cm³/mol. The molecular formula is C21H18ClN3O2. The summed E-state index contributed by atoms with van der Waals surface area (Å²) in [5, 5.41) is 6.35. The first kappa shape index (κ1) is 18.6. The molecule has 0 aliphatic rings. The van der Waals surface area contributed by atoms with Crippen LogP contribution in [0.2, 0.25) is 5.02 Å². The molecular weight excluding hydrogens is 362 g/mol. The van der Waals surface area contributed by atoms with E-state index in [1.54, 1.807) is 66.9 Å². The van der Waals surface area contributed by atoms with Crippen LogP contribution >= 0.6 is 11.6 Å². The van der Waals surface area contributed by atoms with Gasteiger partial charge in [-0.1, -0.05) is 48.0 Å².